The zero-order chi connectivity index (χ0) is 14.0. The second kappa shape index (κ2) is 6.12. The van der Waals surface area contributed by atoms with Gasteiger partial charge in [-0.05, 0) is 37.1 Å². The molecule has 1 aromatic carbocycles. The van der Waals surface area contributed by atoms with Gasteiger partial charge in [-0.15, -0.1) is 0 Å². The lowest BCUT2D eigenvalue weighted by Gasteiger charge is -2.26. The molecule has 1 unspecified atom stereocenters. The van der Waals surface area contributed by atoms with E-state index in [0.29, 0.717) is 10.0 Å². The fraction of sp³-hybridized carbons (Fsp3) is 0.500. The summed E-state index contributed by atoms with van der Waals surface area (Å²) in [6.45, 7) is 1.69. The van der Waals surface area contributed by atoms with E-state index in [0.717, 1.165) is 31.5 Å². The molecule has 0 radical (unpaired) electrons. The third-order valence-electron chi connectivity index (χ3n) is 3.46. The minimum Gasteiger partial charge on any atom is -0.347 e. The van der Waals surface area contributed by atoms with Crippen LogP contribution in [0.3, 0.4) is 0 Å². The largest absolute Gasteiger partial charge is 0.347 e. The van der Waals surface area contributed by atoms with Gasteiger partial charge in [0.05, 0.1) is 16.1 Å². The van der Waals surface area contributed by atoms with Crippen LogP contribution in [0.15, 0.2) is 18.2 Å². The summed E-state index contributed by atoms with van der Waals surface area (Å²) in [5, 5.41) is 1.13. The number of nitrogens with zero attached hydrogens (tertiary/aromatic N) is 2. The van der Waals surface area contributed by atoms with Crippen LogP contribution in [-0.4, -0.2) is 42.4 Å². The van der Waals surface area contributed by atoms with E-state index in [1.807, 2.05) is 12.1 Å². The van der Waals surface area contributed by atoms with Crippen molar-refractivity contribution in [3.05, 3.63) is 33.8 Å². The van der Waals surface area contributed by atoms with Crippen LogP contribution in [0.1, 0.15) is 18.4 Å². The zero-order valence-corrected chi connectivity index (χ0v) is 12.7. The number of carbonyl (C=O) groups is 1. The summed E-state index contributed by atoms with van der Waals surface area (Å²) in [7, 11) is 3.61. The van der Waals surface area contributed by atoms with Gasteiger partial charge in [-0.1, -0.05) is 29.3 Å². The van der Waals surface area contributed by atoms with Gasteiger partial charge in [0.25, 0.3) is 0 Å². The van der Waals surface area contributed by atoms with Crippen molar-refractivity contribution < 1.29 is 4.79 Å². The average Bonchev–Trinajstić information content (AvgIpc) is 2.81. The van der Waals surface area contributed by atoms with E-state index in [4.69, 9.17) is 23.2 Å². The summed E-state index contributed by atoms with van der Waals surface area (Å²) in [6.07, 6.45) is 1.99. The van der Waals surface area contributed by atoms with Crippen LogP contribution < -0.4 is 0 Å². The summed E-state index contributed by atoms with van der Waals surface area (Å²) >= 11 is 11.9. The number of amides is 1. The molecule has 0 aliphatic carbocycles. The van der Waals surface area contributed by atoms with Crippen LogP contribution in [0.4, 0.5) is 0 Å². The molecule has 1 fully saturated rings. The van der Waals surface area contributed by atoms with E-state index in [-0.39, 0.29) is 11.9 Å². The maximum absolute atomic E-state index is 12.1. The molecule has 0 N–H and O–H groups in total. The Labute approximate surface area is 124 Å². The molecule has 5 heteroatoms. The third-order valence-corrected chi connectivity index (χ3v) is 4.20. The molecular weight excluding hydrogens is 283 g/mol. The van der Waals surface area contributed by atoms with Crippen molar-refractivity contribution in [1.29, 1.82) is 0 Å². The SMILES string of the molecule is CN(C)C(=O)C1CCCN1Cc1ccc(Cl)c(Cl)c1. The number of hydrogen-bond donors (Lipinski definition) is 0. The second-order valence-corrected chi connectivity index (χ2v) is 5.92. The highest BCUT2D eigenvalue weighted by atomic mass is 35.5. The van der Waals surface area contributed by atoms with Gasteiger partial charge in [-0.3, -0.25) is 9.69 Å². The van der Waals surface area contributed by atoms with Crippen LogP contribution in [0.2, 0.25) is 10.0 Å². The fourth-order valence-corrected chi connectivity index (χ4v) is 2.79. The Morgan fingerprint density at radius 2 is 2.11 bits per heavy atom. The first kappa shape index (κ1) is 14.6. The van der Waals surface area contributed by atoms with Gasteiger partial charge < -0.3 is 4.90 Å². The van der Waals surface area contributed by atoms with Gasteiger partial charge in [-0.25, -0.2) is 0 Å². The maximum Gasteiger partial charge on any atom is 0.239 e. The summed E-state index contributed by atoms with van der Waals surface area (Å²) in [4.78, 5) is 16.0. The minimum absolute atomic E-state index is 0.00977. The van der Waals surface area contributed by atoms with Crippen molar-refractivity contribution in [3.63, 3.8) is 0 Å². The average molecular weight is 301 g/mol. The Kier molecular flexibility index (Phi) is 4.71. The highest BCUT2D eigenvalue weighted by Crippen LogP contribution is 2.26. The Hall–Kier alpha value is -0.770. The van der Waals surface area contributed by atoms with Gasteiger partial charge in [0.1, 0.15) is 0 Å². The van der Waals surface area contributed by atoms with E-state index in [9.17, 15) is 4.79 Å². The van der Waals surface area contributed by atoms with Gasteiger partial charge >= 0.3 is 0 Å². The Balaban J connectivity index is 2.09. The maximum atomic E-state index is 12.1. The normalized spacial score (nSPS) is 19.7. The number of likely N-dealkylation sites (N-methyl/N-ethyl adjacent to an activating group) is 1. The molecule has 1 aliphatic heterocycles. The third kappa shape index (κ3) is 3.41. The van der Waals surface area contributed by atoms with Gasteiger partial charge in [0.15, 0.2) is 0 Å². The highest BCUT2D eigenvalue weighted by Gasteiger charge is 2.31. The summed E-state index contributed by atoms with van der Waals surface area (Å²) in [6, 6.07) is 5.63. The van der Waals surface area contributed by atoms with Gasteiger partial charge in [-0.2, -0.15) is 0 Å². The first-order valence-electron chi connectivity index (χ1n) is 6.38. The van der Waals surface area contributed by atoms with Crippen molar-refractivity contribution in [2.45, 2.75) is 25.4 Å². The first-order valence-corrected chi connectivity index (χ1v) is 7.14. The quantitative estimate of drug-likeness (QED) is 0.856. The van der Waals surface area contributed by atoms with Gasteiger partial charge in [0, 0.05) is 20.6 Å². The lowest BCUT2D eigenvalue weighted by atomic mass is 10.1. The van der Waals surface area contributed by atoms with Crippen LogP contribution in [0, 0.1) is 0 Å². The fourth-order valence-electron chi connectivity index (χ4n) is 2.47. The summed E-state index contributed by atoms with van der Waals surface area (Å²) in [5.74, 6) is 0.178. The number of benzene rings is 1. The smallest absolute Gasteiger partial charge is 0.239 e. The van der Waals surface area contributed by atoms with Crippen molar-refractivity contribution in [1.82, 2.24) is 9.80 Å². The highest BCUT2D eigenvalue weighted by molar-refractivity contribution is 6.42. The number of likely N-dealkylation sites (tertiary alicyclic amines) is 1. The monoisotopic (exact) mass is 300 g/mol. The molecule has 0 aromatic heterocycles. The standard InChI is InChI=1S/C14H18Cl2N2O/c1-17(2)14(19)13-4-3-7-18(13)9-10-5-6-11(15)12(16)8-10/h5-6,8,13H,3-4,7,9H2,1-2H3. The summed E-state index contributed by atoms with van der Waals surface area (Å²) < 4.78 is 0. The van der Waals surface area contributed by atoms with Crippen LogP contribution >= 0.6 is 23.2 Å². The Morgan fingerprint density at radius 3 is 2.74 bits per heavy atom. The molecule has 1 saturated heterocycles. The van der Waals surface area contributed by atoms with E-state index in [2.05, 4.69) is 4.90 Å². The molecule has 1 aromatic rings. The minimum atomic E-state index is -0.00977. The van der Waals surface area contributed by atoms with Crippen LogP contribution in [-0.2, 0) is 11.3 Å². The van der Waals surface area contributed by atoms with E-state index < -0.39 is 0 Å². The Morgan fingerprint density at radius 1 is 1.37 bits per heavy atom. The van der Waals surface area contributed by atoms with Crippen molar-refractivity contribution >= 4 is 29.1 Å². The van der Waals surface area contributed by atoms with E-state index in [1.165, 1.54) is 0 Å². The predicted octanol–water partition coefficient (Wildman–Crippen LogP) is 3.05. The number of halogens is 2. The molecule has 104 valence electrons. The lowest BCUT2D eigenvalue weighted by molar-refractivity contribution is -0.133. The second-order valence-electron chi connectivity index (χ2n) is 5.11. The van der Waals surface area contributed by atoms with Crippen molar-refractivity contribution in [2.75, 3.05) is 20.6 Å². The van der Waals surface area contributed by atoms with Crippen LogP contribution in [0.25, 0.3) is 0 Å². The number of carbonyl (C=O) groups excluding carboxylic acids is 1. The molecule has 2 rings (SSSR count). The topological polar surface area (TPSA) is 23.6 Å². The molecule has 1 amide bonds. The van der Waals surface area contributed by atoms with Gasteiger partial charge in [0.2, 0.25) is 5.91 Å². The molecule has 1 atom stereocenters. The molecule has 19 heavy (non-hydrogen) atoms. The number of rotatable bonds is 3. The molecule has 0 spiro atoms. The first-order chi connectivity index (χ1) is 8.99. The Bertz CT molecular complexity index is 477. The zero-order valence-electron chi connectivity index (χ0n) is 11.2. The van der Waals surface area contributed by atoms with Crippen LogP contribution in [0.5, 0.6) is 0 Å². The van der Waals surface area contributed by atoms with E-state index >= 15 is 0 Å². The van der Waals surface area contributed by atoms with Crippen molar-refractivity contribution in [3.8, 4) is 0 Å². The van der Waals surface area contributed by atoms with E-state index in [1.54, 1.807) is 25.1 Å². The number of hydrogen-bond acceptors (Lipinski definition) is 2. The van der Waals surface area contributed by atoms with Crippen molar-refractivity contribution in [2.24, 2.45) is 0 Å². The molecule has 3 nitrogen and oxygen atoms in total. The predicted molar refractivity (Wildman–Crippen MR) is 78.6 cm³/mol. The molecule has 0 bridgehead atoms. The lowest BCUT2D eigenvalue weighted by Crippen LogP contribution is -2.42. The molecular formula is C14H18Cl2N2O. The molecule has 1 aliphatic rings. The molecule has 0 saturated carbocycles. The summed E-state index contributed by atoms with van der Waals surface area (Å²) in [5.41, 5.74) is 1.09. The molecule has 1 heterocycles.